The van der Waals surface area contributed by atoms with Crippen LogP contribution < -0.4 is 5.32 Å². The van der Waals surface area contributed by atoms with E-state index in [0.717, 1.165) is 15.5 Å². The largest absolute Gasteiger partial charge is 0.390 e. The number of pyridine rings is 2. The molecule has 0 aliphatic carbocycles. The summed E-state index contributed by atoms with van der Waals surface area (Å²) in [6.07, 6.45) is 1.94. The zero-order valence-electron chi connectivity index (χ0n) is 19.6. The van der Waals surface area contributed by atoms with E-state index in [0.29, 0.717) is 43.0 Å². The van der Waals surface area contributed by atoms with Gasteiger partial charge in [-0.3, -0.25) is 14.5 Å². The predicted molar refractivity (Wildman–Crippen MR) is 110 cm³/mol. The molecule has 0 spiro atoms. The van der Waals surface area contributed by atoms with Gasteiger partial charge >= 0.3 is 6.18 Å². The third-order valence-electron chi connectivity index (χ3n) is 5.40. The van der Waals surface area contributed by atoms with Crippen molar-refractivity contribution in [3.8, 4) is 11.3 Å². The molecule has 4 rings (SSSR count). The van der Waals surface area contributed by atoms with Gasteiger partial charge in [0, 0.05) is 53.1 Å². The third kappa shape index (κ3) is 5.38. The molecular weight excluding hydrogens is 409 g/mol. The fourth-order valence-corrected chi connectivity index (χ4v) is 3.65. The van der Waals surface area contributed by atoms with Gasteiger partial charge < -0.3 is 10.2 Å². The van der Waals surface area contributed by atoms with Gasteiger partial charge in [0.2, 0.25) is 5.91 Å². The average molecular weight is 435 g/mol. The maximum atomic E-state index is 12.7. The lowest BCUT2D eigenvalue weighted by Gasteiger charge is -2.31. The van der Waals surface area contributed by atoms with Gasteiger partial charge in [-0.05, 0) is 43.5 Å². The van der Waals surface area contributed by atoms with Crippen LogP contribution in [0.15, 0.2) is 36.9 Å². The van der Waals surface area contributed by atoms with E-state index < -0.39 is 19.6 Å². The normalized spacial score (nSPS) is 17.8. The van der Waals surface area contributed by atoms with Crippen molar-refractivity contribution >= 4 is 22.5 Å². The summed E-state index contributed by atoms with van der Waals surface area (Å²) in [4.78, 5) is 23.0. The van der Waals surface area contributed by atoms with E-state index in [1.54, 1.807) is 29.4 Å². The van der Waals surface area contributed by atoms with E-state index in [4.69, 9.17) is 4.11 Å². The summed E-state index contributed by atoms with van der Waals surface area (Å²) >= 11 is 0. The lowest BCUT2D eigenvalue weighted by molar-refractivity contribution is -0.139. The number of fused-ring (bicyclic) bond motifs is 1. The lowest BCUT2D eigenvalue weighted by atomic mass is 9.96. The molecule has 10 heteroatoms. The van der Waals surface area contributed by atoms with Crippen molar-refractivity contribution in [1.29, 1.82) is 0 Å². The first-order chi connectivity index (χ1) is 16.0. The van der Waals surface area contributed by atoms with Crippen LogP contribution in [0.3, 0.4) is 0 Å². The smallest absolute Gasteiger partial charge is 0.310 e. The fraction of sp³-hybridized carbons (Fsp3) is 0.429. The first kappa shape index (κ1) is 17.6. The third-order valence-corrected chi connectivity index (χ3v) is 5.40. The number of anilines is 1. The number of rotatable bonds is 5. The van der Waals surface area contributed by atoms with Gasteiger partial charge in [-0.25, -0.2) is 4.98 Å². The zero-order valence-corrected chi connectivity index (χ0v) is 16.6. The van der Waals surface area contributed by atoms with Crippen molar-refractivity contribution in [2.24, 2.45) is 12.9 Å². The van der Waals surface area contributed by atoms with E-state index in [-0.39, 0.29) is 18.4 Å². The molecule has 0 saturated carbocycles. The summed E-state index contributed by atoms with van der Waals surface area (Å²) in [6, 6.07) is 3.46. The summed E-state index contributed by atoms with van der Waals surface area (Å²) in [5.41, 5.74) is 1.07. The summed E-state index contributed by atoms with van der Waals surface area (Å²) in [5.74, 6) is -0.152. The van der Waals surface area contributed by atoms with Gasteiger partial charge in [0.05, 0.1) is 18.3 Å². The number of aromatic nitrogens is 4. The van der Waals surface area contributed by atoms with Crippen molar-refractivity contribution in [2.75, 3.05) is 25.0 Å². The molecule has 4 heterocycles. The van der Waals surface area contributed by atoms with Gasteiger partial charge in [0.15, 0.2) is 0 Å². The second-order valence-corrected chi connectivity index (χ2v) is 7.63. The van der Waals surface area contributed by atoms with Crippen molar-refractivity contribution in [2.45, 2.75) is 25.4 Å². The number of hydrogen-bond acceptors (Lipinski definition) is 5. The van der Waals surface area contributed by atoms with Gasteiger partial charge in [-0.1, -0.05) is 0 Å². The number of carbonyl (C=O) groups is 1. The molecule has 0 aromatic carbocycles. The number of aryl methyl sites for hydroxylation is 1. The van der Waals surface area contributed by atoms with E-state index in [9.17, 15) is 18.0 Å². The number of likely N-dealkylation sites (tertiary alicyclic amines) is 1. The molecule has 31 heavy (non-hydrogen) atoms. The van der Waals surface area contributed by atoms with Crippen molar-refractivity contribution in [3.63, 3.8) is 0 Å². The lowest BCUT2D eigenvalue weighted by Crippen LogP contribution is -2.39. The number of nitrogens with one attached hydrogen (secondary N) is 1. The van der Waals surface area contributed by atoms with Gasteiger partial charge in [-0.15, -0.1) is 0 Å². The molecule has 1 amide bonds. The van der Waals surface area contributed by atoms with Gasteiger partial charge in [-0.2, -0.15) is 18.3 Å². The molecule has 0 atom stereocenters. The molecule has 3 aromatic rings. The van der Waals surface area contributed by atoms with E-state index in [2.05, 4.69) is 20.4 Å². The highest BCUT2D eigenvalue weighted by atomic mass is 19.4. The molecule has 1 saturated heterocycles. The molecule has 0 bridgehead atoms. The number of alkyl halides is 3. The van der Waals surface area contributed by atoms with Crippen LogP contribution in [0.2, 0.25) is 0 Å². The first-order valence-electron chi connectivity index (χ1n) is 11.4. The quantitative estimate of drug-likeness (QED) is 0.662. The van der Waals surface area contributed by atoms with Gasteiger partial charge in [0.1, 0.15) is 5.82 Å². The average Bonchev–Trinajstić information content (AvgIpc) is 3.28. The van der Waals surface area contributed by atoms with Crippen molar-refractivity contribution in [3.05, 3.63) is 36.9 Å². The highest BCUT2D eigenvalue weighted by molar-refractivity contribution is 5.94. The van der Waals surface area contributed by atoms with Crippen LogP contribution in [0.1, 0.15) is 23.4 Å². The molecule has 1 aliphatic rings. The number of amides is 1. The van der Waals surface area contributed by atoms with Crippen LogP contribution in [-0.2, 0) is 11.8 Å². The second kappa shape index (κ2) is 8.62. The fourth-order valence-electron chi connectivity index (χ4n) is 3.65. The number of halogens is 3. The van der Waals surface area contributed by atoms with Crippen molar-refractivity contribution < 1.29 is 22.1 Å². The van der Waals surface area contributed by atoms with Gasteiger partial charge in [0.25, 0.3) is 0 Å². The molecule has 164 valence electrons. The Morgan fingerprint density at radius 3 is 2.68 bits per heavy atom. The molecule has 0 unspecified atom stereocenters. The summed E-state index contributed by atoms with van der Waals surface area (Å²) < 4.78 is 60.4. The summed E-state index contributed by atoms with van der Waals surface area (Å²) in [6.45, 7) is -1.55. The summed E-state index contributed by atoms with van der Waals surface area (Å²) in [7, 11) is 0. The Bertz CT molecular complexity index is 1170. The Hall–Kier alpha value is -3.01. The Morgan fingerprint density at radius 2 is 1.97 bits per heavy atom. The first-order valence-corrected chi connectivity index (χ1v) is 9.89. The molecule has 7 nitrogen and oxygen atoms in total. The van der Waals surface area contributed by atoms with Crippen LogP contribution in [-0.4, -0.2) is 56.4 Å². The maximum absolute atomic E-state index is 12.7. The number of hydrogen-bond donors (Lipinski definition) is 1. The SMILES string of the molecule is [2H]C([2H])([2H])n1cc(-c2cc3cc(NC(=O)C4CCN(CCC(F)(F)F)CC4)ncc3cn2)cn1. The second-order valence-electron chi connectivity index (χ2n) is 7.63. The van der Waals surface area contributed by atoms with Crippen LogP contribution in [0.5, 0.6) is 0 Å². The minimum Gasteiger partial charge on any atom is -0.310 e. The van der Waals surface area contributed by atoms with E-state index >= 15 is 0 Å². The molecule has 1 aliphatic heterocycles. The van der Waals surface area contributed by atoms with E-state index in [1.165, 1.54) is 12.4 Å². The predicted octanol–water partition coefficient (Wildman–Crippen LogP) is 3.63. The van der Waals surface area contributed by atoms with Crippen LogP contribution in [0.25, 0.3) is 22.0 Å². The number of carbonyl (C=O) groups excluding carboxylic acids is 1. The number of piperidine rings is 1. The zero-order chi connectivity index (χ0) is 24.5. The minimum atomic E-state index is -4.18. The maximum Gasteiger partial charge on any atom is 0.390 e. The minimum absolute atomic E-state index is 0.0499. The monoisotopic (exact) mass is 435 g/mol. The Balaban J connectivity index is 1.41. The Morgan fingerprint density at radius 1 is 1.19 bits per heavy atom. The van der Waals surface area contributed by atoms with Crippen molar-refractivity contribution in [1.82, 2.24) is 24.6 Å². The van der Waals surface area contributed by atoms with Crippen LogP contribution in [0.4, 0.5) is 19.0 Å². The standard InChI is InChI=1S/C21H23F3N6O/c1-29-13-17(12-27-29)18-8-15-9-19(26-11-16(15)10-25-18)28-20(31)14-2-5-30(6-3-14)7-4-21(22,23)24/h8-14H,2-7H2,1H3,(H,26,28,31)/i1D3. The molecule has 0 radical (unpaired) electrons. The van der Waals surface area contributed by atoms with Crippen LogP contribution in [0, 0.1) is 5.92 Å². The topological polar surface area (TPSA) is 75.9 Å². The molecule has 1 fully saturated rings. The van der Waals surface area contributed by atoms with E-state index in [1.807, 2.05) is 0 Å². The highest BCUT2D eigenvalue weighted by Crippen LogP contribution is 2.25. The number of nitrogens with zero attached hydrogens (tertiary/aromatic N) is 5. The molecule has 1 N–H and O–H groups in total. The Labute approximate surface area is 181 Å². The van der Waals surface area contributed by atoms with Crippen LogP contribution >= 0.6 is 0 Å². The highest BCUT2D eigenvalue weighted by Gasteiger charge is 2.30. The molecule has 3 aromatic heterocycles. The molecular formula is C21H23F3N6O. The summed E-state index contributed by atoms with van der Waals surface area (Å²) in [5, 5.41) is 8.15. The Kier molecular flexibility index (Phi) is 4.91.